The fraction of sp³-hybridized carbons (Fsp3) is 0.320. The molecule has 0 saturated heterocycles. The normalized spacial score (nSPS) is 19.9. The molecule has 0 spiro atoms. The number of carbonyl (C=O) groups excluding carboxylic acids is 1. The Morgan fingerprint density at radius 1 is 1.17 bits per heavy atom. The SMILES string of the molecule is CC(C(=O)N[C@H]1CCC[C@@H](O)C1)(c1ccccc1)n1ncc2c1nc(N)n1nc(-c3ccco3)nc21. The summed E-state index contributed by atoms with van der Waals surface area (Å²) in [6, 6.07) is 12.8. The van der Waals surface area contributed by atoms with E-state index in [2.05, 4.69) is 25.5 Å². The highest BCUT2D eigenvalue weighted by atomic mass is 16.3. The molecule has 1 aliphatic carbocycles. The maximum absolute atomic E-state index is 13.9. The number of fused-ring (bicyclic) bond motifs is 3. The third-order valence-corrected chi connectivity index (χ3v) is 6.95. The Balaban J connectivity index is 1.49. The first-order valence-corrected chi connectivity index (χ1v) is 11.9. The van der Waals surface area contributed by atoms with E-state index < -0.39 is 11.6 Å². The number of aliphatic hydroxyl groups excluding tert-OH is 1. The molecule has 1 unspecified atom stereocenters. The lowest BCUT2D eigenvalue weighted by Crippen LogP contribution is -2.52. The van der Waals surface area contributed by atoms with Gasteiger partial charge in [-0.05, 0) is 50.3 Å². The molecule has 0 aliphatic heterocycles. The lowest BCUT2D eigenvalue weighted by atomic mass is 9.88. The molecule has 11 heteroatoms. The number of hydrogen-bond acceptors (Lipinski definition) is 8. The Morgan fingerprint density at radius 2 is 2.00 bits per heavy atom. The van der Waals surface area contributed by atoms with Gasteiger partial charge in [-0.15, -0.1) is 5.10 Å². The molecule has 0 radical (unpaired) electrons. The zero-order valence-corrected chi connectivity index (χ0v) is 19.7. The van der Waals surface area contributed by atoms with E-state index in [1.165, 1.54) is 4.52 Å². The number of hydrogen-bond donors (Lipinski definition) is 3. The number of nitrogens with two attached hydrogens (primary N) is 1. The minimum atomic E-state index is -1.24. The molecular weight excluding hydrogens is 460 g/mol. The van der Waals surface area contributed by atoms with Gasteiger partial charge in [0, 0.05) is 6.04 Å². The van der Waals surface area contributed by atoms with Crippen LogP contribution in [0.4, 0.5) is 5.95 Å². The third kappa shape index (κ3) is 3.51. The lowest BCUT2D eigenvalue weighted by molar-refractivity contribution is -0.128. The van der Waals surface area contributed by atoms with Crippen molar-refractivity contribution in [1.82, 2.24) is 34.7 Å². The summed E-state index contributed by atoms with van der Waals surface area (Å²) in [4.78, 5) is 23.1. The molecule has 36 heavy (non-hydrogen) atoms. The fourth-order valence-corrected chi connectivity index (χ4v) is 4.98. The first-order valence-electron chi connectivity index (χ1n) is 11.9. The summed E-state index contributed by atoms with van der Waals surface area (Å²) in [6.45, 7) is 1.81. The predicted octanol–water partition coefficient (Wildman–Crippen LogP) is 2.50. The molecule has 1 amide bonds. The second-order valence-corrected chi connectivity index (χ2v) is 9.34. The Kier molecular flexibility index (Phi) is 5.22. The maximum Gasteiger partial charge on any atom is 0.252 e. The average molecular weight is 487 g/mol. The predicted molar refractivity (Wildman–Crippen MR) is 132 cm³/mol. The number of amides is 1. The quantitative estimate of drug-likeness (QED) is 0.343. The number of rotatable bonds is 5. The van der Waals surface area contributed by atoms with Crippen molar-refractivity contribution in [2.24, 2.45) is 0 Å². The topological polar surface area (TPSA) is 149 Å². The van der Waals surface area contributed by atoms with Crippen molar-refractivity contribution >= 4 is 28.5 Å². The molecule has 11 nitrogen and oxygen atoms in total. The van der Waals surface area contributed by atoms with Crippen LogP contribution in [0.3, 0.4) is 0 Å². The van der Waals surface area contributed by atoms with Crippen LogP contribution in [0.25, 0.3) is 28.3 Å². The van der Waals surface area contributed by atoms with Crippen molar-refractivity contribution in [2.45, 2.75) is 50.3 Å². The highest BCUT2D eigenvalue weighted by Gasteiger charge is 2.41. The Labute approximate surface area is 205 Å². The van der Waals surface area contributed by atoms with E-state index in [1.807, 2.05) is 37.3 Å². The van der Waals surface area contributed by atoms with Gasteiger partial charge in [0.05, 0.1) is 24.0 Å². The van der Waals surface area contributed by atoms with E-state index >= 15 is 0 Å². The van der Waals surface area contributed by atoms with Gasteiger partial charge in [0.25, 0.3) is 5.91 Å². The Morgan fingerprint density at radius 3 is 2.75 bits per heavy atom. The molecule has 4 aromatic heterocycles. The van der Waals surface area contributed by atoms with Crippen molar-refractivity contribution in [1.29, 1.82) is 0 Å². The molecule has 0 bridgehead atoms. The van der Waals surface area contributed by atoms with Crippen molar-refractivity contribution in [2.75, 3.05) is 5.73 Å². The zero-order chi connectivity index (χ0) is 24.9. The number of benzene rings is 1. The second kappa shape index (κ2) is 8.45. The largest absolute Gasteiger partial charge is 0.461 e. The zero-order valence-electron chi connectivity index (χ0n) is 19.7. The van der Waals surface area contributed by atoms with Crippen LogP contribution in [0.1, 0.15) is 38.2 Å². The standard InChI is InChI=1S/C25H26N8O3/c1-25(15-7-3-2-4-8-15,23(35)28-16-9-5-10-17(34)13-16)33-22-18(14-27-33)21-29-20(19-11-6-12-36-19)31-32(21)24(26)30-22/h2-4,6-8,11-12,14,16-17,34H,5,9-10,13H2,1H3,(H2,26,30)(H,28,35)/t16-,17+,25?/m0/s1. The number of nitrogen functional groups attached to an aromatic ring is 1. The van der Waals surface area contributed by atoms with Crippen molar-refractivity contribution in [3.05, 3.63) is 60.5 Å². The van der Waals surface area contributed by atoms with E-state index in [9.17, 15) is 9.90 Å². The van der Waals surface area contributed by atoms with Gasteiger partial charge < -0.3 is 20.6 Å². The summed E-state index contributed by atoms with van der Waals surface area (Å²) in [5.41, 5.74) is 6.65. The number of nitrogens with zero attached hydrogens (tertiary/aromatic N) is 6. The van der Waals surface area contributed by atoms with E-state index in [4.69, 9.17) is 10.2 Å². The van der Waals surface area contributed by atoms with Crippen LogP contribution in [-0.4, -0.2) is 52.5 Å². The summed E-state index contributed by atoms with van der Waals surface area (Å²) in [7, 11) is 0. The first kappa shape index (κ1) is 22.2. The van der Waals surface area contributed by atoms with Crippen LogP contribution >= 0.6 is 0 Å². The van der Waals surface area contributed by atoms with Gasteiger partial charge in [-0.25, -0.2) is 9.67 Å². The summed E-state index contributed by atoms with van der Waals surface area (Å²) in [6.07, 6.45) is 5.71. The Bertz CT molecular complexity index is 1540. The molecule has 184 valence electrons. The molecule has 1 saturated carbocycles. The Hall–Kier alpha value is -4.25. The molecule has 1 fully saturated rings. The molecule has 4 heterocycles. The van der Waals surface area contributed by atoms with Crippen LogP contribution < -0.4 is 11.1 Å². The van der Waals surface area contributed by atoms with Gasteiger partial charge in [0.2, 0.25) is 11.8 Å². The number of carbonyl (C=O) groups is 1. The minimum absolute atomic E-state index is 0.107. The molecule has 6 rings (SSSR count). The van der Waals surface area contributed by atoms with Gasteiger partial charge in [0.15, 0.2) is 22.6 Å². The summed E-state index contributed by atoms with van der Waals surface area (Å²) in [5, 5.41) is 22.9. The van der Waals surface area contributed by atoms with E-state index in [1.54, 1.807) is 29.3 Å². The van der Waals surface area contributed by atoms with Gasteiger partial charge in [0.1, 0.15) is 0 Å². The smallest absolute Gasteiger partial charge is 0.252 e. The highest BCUT2D eigenvalue weighted by molar-refractivity contribution is 5.94. The average Bonchev–Trinajstić information content (AvgIpc) is 3.63. The highest BCUT2D eigenvalue weighted by Crippen LogP contribution is 2.32. The lowest BCUT2D eigenvalue weighted by Gasteiger charge is -2.34. The van der Waals surface area contributed by atoms with Crippen molar-refractivity contribution in [3.63, 3.8) is 0 Å². The first-order chi connectivity index (χ1) is 17.4. The summed E-state index contributed by atoms with van der Waals surface area (Å²) in [5.74, 6) is 0.738. The van der Waals surface area contributed by atoms with E-state index in [0.29, 0.717) is 34.7 Å². The number of furan rings is 1. The second-order valence-electron chi connectivity index (χ2n) is 9.34. The van der Waals surface area contributed by atoms with Crippen LogP contribution in [0.2, 0.25) is 0 Å². The van der Waals surface area contributed by atoms with Gasteiger partial charge >= 0.3 is 0 Å². The van der Waals surface area contributed by atoms with Crippen molar-refractivity contribution in [3.8, 4) is 11.6 Å². The third-order valence-electron chi connectivity index (χ3n) is 6.95. The summed E-state index contributed by atoms with van der Waals surface area (Å²) >= 11 is 0. The van der Waals surface area contributed by atoms with Gasteiger partial charge in [-0.2, -0.15) is 14.6 Å². The molecular formula is C25H26N8O3. The van der Waals surface area contributed by atoms with Crippen molar-refractivity contribution < 1.29 is 14.3 Å². The minimum Gasteiger partial charge on any atom is -0.461 e. The van der Waals surface area contributed by atoms with Gasteiger partial charge in [-0.1, -0.05) is 30.3 Å². The number of aliphatic hydroxyl groups is 1. The maximum atomic E-state index is 13.9. The van der Waals surface area contributed by atoms with Crippen LogP contribution in [0.15, 0.2) is 59.3 Å². The molecule has 5 aromatic rings. The van der Waals surface area contributed by atoms with E-state index in [-0.39, 0.29) is 17.9 Å². The number of anilines is 1. The molecule has 1 aromatic carbocycles. The summed E-state index contributed by atoms with van der Waals surface area (Å²) < 4.78 is 8.47. The monoisotopic (exact) mass is 486 g/mol. The fourth-order valence-electron chi connectivity index (χ4n) is 4.98. The molecule has 3 atom stereocenters. The van der Waals surface area contributed by atoms with Crippen LogP contribution in [0, 0.1) is 0 Å². The van der Waals surface area contributed by atoms with Crippen LogP contribution in [0.5, 0.6) is 0 Å². The number of nitrogens with one attached hydrogen (secondary N) is 1. The van der Waals surface area contributed by atoms with Gasteiger partial charge in [-0.3, -0.25) is 4.79 Å². The van der Waals surface area contributed by atoms with Crippen LogP contribution in [-0.2, 0) is 10.3 Å². The number of aromatic nitrogens is 6. The molecule has 4 N–H and O–H groups in total. The molecule has 1 aliphatic rings. The van der Waals surface area contributed by atoms with E-state index in [0.717, 1.165) is 24.8 Å².